The first kappa shape index (κ1) is 26.5. The lowest BCUT2D eigenvalue weighted by molar-refractivity contribution is -0.0743. The molecule has 0 bridgehead atoms. The average Bonchev–Trinajstić information content (AvgIpc) is 3.52. The number of nitrogens with zero attached hydrogens (tertiary/aromatic N) is 6. The normalized spacial score (nSPS) is 17.5. The maximum absolute atomic E-state index is 14.9. The first-order chi connectivity index (χ1) is 18.3. The molecule has 38 heavy (non-hydrogen) atoms. The summed E-state index contributed by atoms with van der Waals surface area (Å²) in [5.74, 6) is -1.47. The summed E-state index contributed by atoms with van der Waals surface area (Å²) in [4.78, 5) is 8.47. The lowest BCUT2D eigenvalue weighted by atomic mass is 9.85. The molecular formula is C28H31ClF2N6O. The van der Waals surface area contributed by atoms with Crippen molar-refractivity contribution in [2.45, 2.75) is 38.2 Å². The maximum Gasteiger partial charge on any atom is 0.137 e. The Morgan fingerprint density at radius 2 is 1.95 bits per heavy atom. The Morgan fingerprint density at radius 3 is 2.63 bits per heavy atom. The van der Waals surface area contributed by atoms with Gasteiger partial charge in [-0.1, -0.05) is 29.8 Å². The van der Waals surface area contributed by atoms with Crippen molar-refractivity contribution >= 4 is 22.5 Å². The number of hydrogen-bond donors (Lipinski definition) is 1. The van der Waals surface area contributed by atoms with Crippen LogP contribution in [0.1, 0.15) is 18.1 Å². The Balaban J connectivity index is 1.33. The number of allylic oxidation sites excluding steroid dienone is 1. The second kappa shape index (κ2) is 10.9. The van der Waals surface area contributed by atoms with Crippen LogP contribution in [0.4, 0.5) is 8.78 Å². The van der Waals surface area contributed by atoms with E-state index < -0.39 is 23.3 Å². The van der Waals surface area contributed by atoms with Crippen molar-refractivity contribution in [2.24, 2.45) is 0 Å². The van der Waals surface area contributed by atoms with Crippen molar-refractivity contribution in [3.05, 3.63) is 95.7 Å². The number of rotatable bonds is 9. The molecule has 10 heteroatoms. The fourth-order valence-electron chi connectivity index (χ4n) is 5.45. The van der Waals surface area contributed by atoms with Gasteiger partial charge in [0.1, 0.15) is 29.9 Å². The van der Waals surface area contributed by atoms with Gasteiger partial charge in [0.15, 0.2) is 0 Å². The first-order valence-electron chi connectivity index (χ1n) is 12.6. The van der Waals surface area contributed by atoms with Crippen LogP contribution in [0.25, 0.3) is 10.9 Å². The monoisotopic (exact) mass is 540 g/mol. The van der Waals surface area contributed by atoms with Gasteiger partial charge in [-0.25, -0.2) is 18.4 Å². The highest BCUT2D eigenvalue weighted by atomic mass is 35.5. The van der Waals surface area contributed by atoms with Crippen molar-refractivity contribution in [3.63, 3.8) is 0 Å². The Labute approximate surface area is 225 Å². The van der Waals surface area contributed by atoms with Crippen molar-refractivity contribution in [1.82, 2.24) is 29.1 Å². The zero-order valence-corrected chi connectivity index (χ0v) is 22.0. The van der Waals surface area contributed by atoms with E-state index in [-0.39, 0.29) is 12.1 Å². The third kappa shape index (κ3) is 5.24. The lowest BCUT2D eigenvalue weighted by Crippen LogP contribution is -2.57. The summed E-state index contributed by atoms with van der Waals surface area (Å²) in [6.45, 7) is 10.1. The van der Waals surface area contributed by atoms with Gasteiger partial charge in [0.25, 0.3) is 0 Å². The molecule has 1 N–H and O–H groups in total. The van der Waals surface area contributed by atoms with E-state index in [4.69, 9.17) is 11.6 Å². The molecule has 7 nitrogen and oxygen atoms in total. The molecule has 0 amide bonds. The minimum absolute atomic E-state index is 0.0116. The van der Waals surface area contributed by atoms with Gasteiger partial charge in [0.2, 0.25) is 0 Å². The summed E-state index contributed by atoms with van der Waals surface area (Å²) in [5, 5.41) is 17.9. The molecule has 2 atom stereocenters. The Hall–Kier alpha value is -3.11. The van der Waals surface area contributed by atoms with Crippen molar-refractivity contribution in [1.29, 1.82) is 0 Å². The minimum Gasteiger partial charge on any atom is -0.381 e. The van der Waals surface area contributed by atoms with Crippen LogP contribution in [0.2, 0.25) is 5.02 Å². The highest BCUT2D eigenvalue weighted by Gasteiger charge is 2.42. The first-order valence-corrected chi connectivity index (χ1v) is 13.0. The van der Waals surface area contributed by atoms with Crippen LogP contribution in [0.15, 0.2) is 67.9 Å². The molecule has 0 unspecified atom stereocenters. The molecule has 0 radical (unpaired) electrons. The van der Waals surface area contributed by atoms with Crippen LogP contribution in [0.5, 0.6) is 0 Å². The van der Waals surface area contributed by atoms with Crippen LogP contribution >= 0.6 is 11.6 Å². The second-order valence-electron chi connectivity index (χ2n) is 9.89. The van der Waals surface area contributed by atoms with E-state index in [0.29, 0.717) is 24.7 Å². The predicted molar refractivity (Wildman–Crippen MR) is 144 cm³/mol. The molecular weight excluding hydrogens is 510 g/mol. The van der Waals surface area contributed by atoms with Gasteiger partial charge in [-0.05, 0) is 30.7 Å². The SMILES string of the molecule is C=CCn1cc(CN2CCN([C@H](C)[C@](O)(Cn3cncn3)c3ccc(F)cc3F)CC2)c2ccc(Cl)cc21. The summed E-state index contributed by atoms with van der Waals surface area (Å²) in [7, 11) is 0. The number of aliphatic hydroxyl groups is 1. The Bertz CT molecular complexity index is 1420. The zero-order valence-electron chi connectivity index (χ0n) is 21.3. The molecule has 2 aromatic carbocycles. The molecule has 3 heterocycles. The quantitative estimate of drug-likeness (QED) is 0.318. The van der Waals surface area contributed by atoms with Crippen LogP contribution in [-0.4, -0.2) is 66.5 Å². The number of fused-ring (bicyclic) bond motifs is 1. The van der Waals surface area contributed by atoms with Crippen LogP contribution in [0.3, 0.4) is 0 Å². The van der Waals surface area contributed by atoms with E-state index >= 15 is 0 Å². The number of aromatic nitrogens is 4. The van der Waals surface area contributed by atoms with E-state index in [1.807, 2.05) is 25.1 Å². The van der Waals surface area contributed by atoms with Crippen molar-refractivity contribution in [3.8, 4) is 0 Å². The number of benzene rings is 2. The molecule has 4 aromatic rings. The molecule has 5 rings (SSSR count). The molecule has 1 aliphatic rings. The molecule has 2 aromatic heterocycles. The third-order valence-corrected chi connectivity index (χ3v) is 7.79. The fraction of sp³-hybridized carbons (Fsp3) is 0.357. The number of hydrogen-bond acceptors (Lipinski definition) is 5. The number of piperazine rings is 1. The summed E-state index contributed by atoms with van der Waals surface area (Å²) in [6, 6.07) is 8.79. The van der Waals surface area contributed by atoms with Crippen LogP contribution < -0.4 is 0 Å². The predicted octanol–water partition coefficient (Wildman–Crippen LogP) is 4.44. The molecule has 0 spiro atoms. The van der Waals surface area contributed by atoms with Crippen LogP contribution in [0, 0.1) is 11.6 Å². The van der Waals surface area contributed by atoms with Gasteiger partial charge >= 0.3 is 0 Å². The summed E-state index contributed by atoms with van der Waals surface area (Å²) in [5.41, 5.74) is 0.693. The zero-order chi connectivity index (χ0) is 26.9. The smallest absolute Gasteiger partial charge is 0.137 e. The fourth-order valence-corrected chi connectivity index (χ4v) is 5.62. The van der Waals surface area contributed by atoms with E-state index in [2.05, 4.69) is 43.3 Å². The largest absolute Gasteiger partial charge is 0.381 e. The van der Waals surface area contributed by atoms with E-state index in [9.17, 15) is 13.9 Å². The topological polar surface area (TPSA) is 62.4 Å². The molecule has 200 valence electrons. The third-order valence-electron chi connectivity index (χ3n) is 7.56. The molecule has 0 saturated carbocycles. The number of halogens is 3. The van der Waals surface area contributed by atoms with Gasteiger partial charge < -0.3 is 9.67 Å². The second-order valence-corrected chi connectivity index (χ2v) is 10.3. The summed E-state index contributed by atoms with van der Waals surface area (Å²) < 4.78 is 32.2. The van der Waals surface area contributed by atoms with E-state index in [0.717, 1.165) is 31.2 Å². The summed E-state index contributed by atoms with van der Waals surface area (Å²) >= 11 is 6.25. The maximum atomic E-state index is 14.9. The molecule has 1 saturated heterocycles. The highest BCUT2D eigenvalue weighted by Crippen LogP contribution is 2.33. The highest BCUT2D eigenvalue weighted by molar-refractivity contribution is 6.31. The summed E-state index contributed by atoms with van der Waals surface area (Å²) in [6.07, 6.45) is 6.87. The van der Waals surface area contributed by atoms with Gasteiger partial charge in [0, 0.05) is 73.5 Å². The van der Waals surface area contributed by atoms with Crippen molar-refractivity contribution < 1.29 is 13.9 Å². The van der Waals surface area contributed by atoms with Gasteiger partial charge in [0.05, 0.1) is 12.1 Å². The molecule has 0 aliphatic carbocycles. The lowest BCUT2D eigenvalue weighted by Gasteiger charge is -2.45. The standard InChI is InChI=1S/C28H31ClF2N6O/c1-3-8-36-16-21(24-6-4-22(29)13-27(24)36)15-34-9-11-35(12-10-34)20(2)28(38,17-37-19-32-18-33-37)25-7-5-23(30)14-26(25)31/h3-7,13-14,16,18-20,38H,1,8-12,15,17H2,2H3/t20-,28-/m1/s1. The minimum atomic E-state index is -1.65. The Morgan fingerprint density at radius 1 is 1.16 bits per heavy atom. The van der Waals surface area contributed by atoms with Crippen LogP contribution in [-0.2, 0) is 25.2 Å². The van der Waals surface area contributed by atoms with Gasteiger partial charge in [-0.15, -0.1) is 6.58 Å². The van der Waals surface area contributed by atoms with Gasteiger partial charge in [-0.3, -0.25) is 9.80 Å². The van der Waals surface area contributed by atoms with E-state index in [1.54, 1.807) is 0 Å². The van der Waals surface area contributed by atoms with Gasteiger partial charge in [-0.2, -0.15) is 5.10 Å². The van der Waals surface area contributed by atoms with Crippen molar-refractivity contribution in [2.75, 3.05) is 26.2 Å². The average molecular weight is 541 g/mol. The van der Waals surface area contributed by atoms with E-state index in [1.165, 1.54) is 40.4 Å². The molecule has 1 fully saturated rings. The molecule has 1 aliphatic heterocycles. The Kier molecular flexibility index (Phi) is 7.63.